The van der Waals surface area contributed by atoms with Crippen LogP contribution in [0.3, 0.4) is 0 Å². The summed E-state index contributed by atoms with van der Waals surface area (Å²) in [5, 5.41) is 17.8. The van der Waals surface area contributed by atoms with E-state index in [2.05, 4.69) is 20.4 Å². The maximum Gasteiger partial charge on any atom is 0.259 e. The van der Waals surface area contributed by atoms with E-state index in [1.54, 1.807) is 60.7 Å². The van der Waals surface area contributed by atoms with Crippen LogP contribution in [0.2, 0.25) is 0 Å². The summed E-state index contributed by atoms with van der Waals surface area (Å²) in [7, 11) is 0. The molecular formula is C36H40N10O3. The van der Waals surface area contributed by atoms with Gasteiger partial charge in [-0.3, -0.25) is 9.59 Å². The molecule has 2 aliphatic heterocycles. The second-order valence-electron chi connectivity index (χ2n) is 13.1. The summed E-state index contributed by atoms with van der Waals surface area (Å²) >= 11 is 0. The van der Waals surface area contributed by atoms with E-state index in [4.69, 9.17) is 32.9 Å². The lowest BCUT2D eigenvalue weighted by molar-refractivity contribution is 0.101. The van der Waals surface area contributed by atoms with Gasteiger partial charge in [0.05, 0.1) is 16.6 Å². The average molecular weight is 661 g/mol. The van der Waals surface area contributed by atoms with E-state index in [-0.39, 0.29) is 41.4 Å². The Morgan fingerprint density at radius 3 is 1.84 bits per heavy atom. The lowest BCUT2D eigenvalue weighted by Gasteiger charge is -2.40. The third-order valence-electron chi connectivity index (χ3n) is 9.07. The molecule has 2 fully saturated rings. The zero-order valence-corrected chi connectivity index (χ0v) is 26.9. The molecule has 7 rings (SSSR count). The molecule has 0 bridgehead atoms. The van der Waals surface area contributed by atoms with Crippen LogP contribution in [0.5, 0.6) is 5.75 Å². The molecule has 0 unspecified atom stereocenters. The number of rotatable bonds is 6. The molecule has 4 aromatic carbocycles. The minimum Gasteiger partial charge on any atom is -0.506 e. The Balaban J connectivity index is 1.09. The molecule has 0 aliphatic carbocycles. The summed E-state index contributed by atoms with van der Waals surface area (Å²) in [6, 6.07) is 22.2. The zero-order valence-electron chi connectivity index (χ0n) is 26.9. The number of carbonyl (C=O) groups is 2. The van der Waals surface area contributed by atoms with Gasteiger partial charge in [0.15, 0.2) is 11.6 Å². The van der Waals surface area contributed by atoms with Gasteiger partial charge in [-0.1, -0.05) is 30.3 Å². The molecule has 11 N–H and O–H groups in total. The molecule has 2 amide bonds. The first-order valence-corrected chi connectivity index (χ1v) is 16.4. The summed E-state index contributed by atoms with van der Waals surface area (Å²) in [5.41, 5.74) is 28.2. The van der Waals surface area contributed by atoms with Crippen molar-refractivity contribution in [2.24, 2.45) is 22.9 Å². The number of benzene rings is 4. The Hall–Kier alpha value is -5.34. The van der Waals surface area contributed by atoms with Crippen LogP contribution in [-0.2, 0) is 0 Å². The number of anilines is 4. The molecule has 3 heterocycles. The van der Waals surface area contributed by atoms with Gasteiger partial charge in [0, 0.05) is 72.7 Å². The molecule has 4 atom stereocenters. The highest BCUT2D eigenvalue weighted by atomic mass is 16.3. The van der Waals surface area contributed by atoms with Gasteiger partial charge in [0.1, 0.15) is 5.75 Å². The number of phenolic OH excluding ortho intramolecular Hbond substituents is 1. The molecule has 1 aromatic heterocycles. The Labute approximate surface area is 283 Å². The maximum absolute atomic E-state index is 13.2. The second-order valence-corrected chi connectivity index (χ2v) is 13.1. The number of amides is 2. The predicted molar refractivity (Wildman–Crippen MR) is 193 cm³/mol. The summed E-state index contributed by atoms with van der Waals surface area (Å²) in [6.07, 6.45) is 1.46. The van der Waals surface area contributed by atoms with Gasteiger partial charge >= 0.3 is 0 Å². The first-order chi connectivity index (χ1) is 23.6. The highest BCUT2D eigenvalue weighted by Crippen LogP contribution is 2.33. The van der Waals surface area contributed by atoms with E-state index in [9.17, 15) is 14.7 Å². The van der Waals surface area contributed by atoms with Gasteiger partial charge in [-0.05, 0) is 66.8 Å². The zero-order chi connectivity index (χ0) is 34.2. The Morgan fingerprint density at radius 2 is 1.20 bits per heavy atom. The van der Waals surface area contributed by atoms with Crippen molar-refractivity contribution < 1.29 is 14.7 Å². The fourth-order valence-corrected chi connectivity index (χ4v) is 6.79. The molecule has 0 spiro atoms. The third kappa shape index (κ3) is 6.82. The van der Waals surface area contributed by atoms with E-state index >= 15 is 0 Å². The predicted octanol–water partition coefficient (Wildman–Crippen LogP) is 2.72. The summed E-state index contributed by atoms with van der Waals surface area (Å²) in [4.78, 5) is 40.4. The minimum absolute atomic E-state index is 0.0825. The van der Waals surface area contributed by atoms with Crippen molar-refractivity contribution in [2.45, 2.75) is 37.0 Å². The molecular weight excluding hydrogens is 620 g/mol. The number of aromatic hydroxyl groups is 1. The molecule has 0 radical (unpaired) electrons. The second kappa shape index (κ2) is 13.3. The fraction of sp³-hybridized carbons (Fsp3) is 0.278. The Bertz CT molecular complexity index is 2020. The van der Waals surface area contributed by atoms with Crippen molar-refractivity contribution in [3.63, 3.8) is 0 Å². The van der Waals surface area contributed by atoms with Gasteiger partial charge in [0.25, 0.3) is 11.8 Å². The average Bonchev–Trinajstić information content (AvgIpc) is 3.07. The molecule has 13 heteroatoms. The standard InChI is InChI=1S/C36H40N10O3/c37-22-13-23(38)17-45(16-22)33-34(46-18-24(39)14-25(40)19-46)44-31-15-27(10-12-30(31)43-33)42-35(48)21-5-8-26(9-6-21)41-36(49)29-11-7-20-3-1-2-4-28(20)32(29)47/h1-12,15,22-25,47H,13-14,16-19,37-40H2,(H,41,49)(H,42,48)/t22-,23+,24-,25+. The fourth-order valence-electron chi connectivity index (χ4n) is 6.79. The smallest absolute Gasteiger partial charge is 0.259 e. The molecule has 2 saturated heterocycles. The molecule has 13 nitrogen and oxygen atoms in total. The summed E-state index contributed by atoms with van der Waals surface area (Å²) in [6.45, 7) is 2.39. The van der Waals surface area contributed by atoms with Gasteiger partial charge in [-0.15, -0.1) is 0 Å². The minimum atomic E-state index is -0.459. The number of nitrogens with zero attached hydrogens (tertiary/aromatic N) is 4. The van der Waals surface area contributed by atoms with E-state index in [0.717, 1.165) is 18.2 Å². The maximum atomic E-state index is 13.2. The molecule has 49 heavy (non-hydrogen) atoms. The first-order valence-electron chi connectivity index (χ1n) is 16.4. The summed E-state index contributed by atoms with van der Waals surface area (Å²) < 4.78 is 0. The first kappa shape index (κ1) is 32.2. The van der Waals surface area contributed by atoms with E-state index in [1.165, 1.54) is 0 Å². The van der Waals surface area contributed by atoms with Gasteiger partial charge in [0.2, 0.25) is 0 Å². The molecule has 252 valence electrons. The molecule has 0 saturated carbocycles. The number of phenols is 1. The lowest BCUT2D eigenvalue weighted by atomic mass is 10.0. The van der Waals surface area contributed by atoms with E-state index in [1.807, 2.05) is 18.2 Å². The van der Waals surface area contributed by atoms with Crippen LogP contribution >= 0.6 is 0 Å². The number of carbonyl (C=O) groups excluding carboxylic acids is 2. The SMILES string of the molecule is N[C@@H]1C[C@H](N)CN(c2nc3ccc(NC(=O)c4ccc(NC(=O)c5ccc6ccccc6c5O)cc4)cc3nc2N2C[C@H](N)C[C@H](N)C2)C1. The van der Waals surface area contributed by atoms with Crippen LogP contribution in [0.4, 0.5) is 23.0 Å². The third-order valence-corrected chi connectivity index (χ3v) is 9.07. The largest absolute Gasteiger partial charge is 0.506 e. The van der Waals surface area contributed by atoms with Gasteiger partial charge in [-0.2, -0.15) is 0 Å². The van der Waals surface area contributed by atoms with Crippen LogP contribution in [0.25, 0.3) is 21.8 Å². The number of nitrogens with two attached hydrogens (primary N) is 4. The van der Waals surface area contributed by atoms with Crippen LogP contribution in [0, 0.1) is 0 Å². The normalized spacial score (nSPS) is 21.1. The quantitative estimate of drug-likeness (QED) is 0.141. The number of piperidine rings is 2. The lowest BCUT2D eigenvalue weighted by Crippen LogP contribution is -2.55. The highest BCUT2D eigenvalue weighted by molar-refractivity contribution is 6.10. The number of nitrogens with one attached hydrogen (secondary N) is 2. The van der Waals surface area contributed by atoms with Crippen LogP contribution in [-0.4, -0.2) is 77.2 Å². The number of fused-ring (bicyclic) bond motifs is 2. The van der Waals surface area contributed by atoms with E-state index in [0.29, 0.717) is 71.2 Å². The number of hydrogen-bond donors (Lipinski definition) is 7. The number of hydrogen-bond acceptors (Lipinski definition) is 11. The number of aromatic nitrogens is 2. The van der Waals surface area contributed by atoms with Crippen molar-refractivity contribution in [1.29, 1.82) is 0 Å². The van der Waals surface area contributed by atoms with E-state index < -0.39 is 5.91 Å². The van der Waals surface area contributed by atoms with Crippen molar-refractivity contribution in [1.82, 2.24) is 9.97 Å². The monoisotopic (exact) mass is 660 g/mol. The van der Waals surface area contributed by atoms with Crippen molar-refractivity contribution in [2.75, 3.05) is 46.6 Å². The highest BCUT2D eigenvalue weighted by Gasteiger charge is 2.31. The summed E-state index contributed by atoms with van der Waals surface area (Å²) in [5.74, 6) is 0.480. The van der Waals surface area contributed by atoms with Crippen LogP contribution < -0.4 is 43.4 Å². The Kier molecular flexibility index (Phi) is 8.73. The van der Waals surface area contributed by atoms with Gasteiger partial charge < -0.3 is 48.5 Å². The van der Waals surface area contributed by atoms with Crippen molar-refractivity contribution in [3.05, 3.63) is 90.0 Å². The Morgan fingerprint density at radius 1 is 0.653 bits per heavy atom. The van der Waals surface area contributed by atoms with Crippen molar-refractivity contribution >= 4 is 56.6 Å². The van der Waals surface area contributed by atoms with Crippen molar-refractivity contribution in [3.8, 4) is 5.75 Å². The van der Waals surface area contributed by atoms with Crippen LogP contribution in [0.15, 0.2) is 78.9 Å². The topological polar surface area (TPSA) is 215 Å². The molecule has 5 aromatic rings. The van der Waals surface area contributed by atoms with Gasteiger partial charge in [-0.25, -0.2) is 9.97 Å². The molecule has 2 aliphatic rings. The van der Waals surface area contributed by atoms with Crippen LogP contribution in [0.1, 0.15) is 33.6 Å².